The third kappa shape index (κ3) is 4.17. The van der Waals surface area contributed by atoms with E-state index >= 15 is 0 Å². The molecule has 0 saturated heterocycles. The molecular weight excluding hydrogens is 426 g/mol. The Morgan fingerprint density at radius 1 is 1.06 bits per heavy atom. The number of amides is 2. The van der Waals surface area contributed by atoms with Gasteiger partial charge in [0, 0.05) is 43.3 Å². The Labute approximate surface area is 188 Å². The molecule has 0 spiro atoms. The van der Waals surface area contributed by atoms with Crippen LogP contribution in [-0.2, 0) is 27.8 Å². The maximum absolute atomic E-state index is 13.5. The number of rotatable bonds is 7. The molecule has 2 fully saturated rings. The second-order valence-corrected chi connectivity index (χ2v) is 10.8. The van der Waals surface area contributed by atoms with E-state index in [1.54, 1.807) is 39.5 Å². The van der Waals surface area contributed by atoms with Crippen LogP contribution in [0.3, 0.4) is 0 Å². The Hall–Kier alpha value is -2.71. The lowest BCUT2D eigenvalue weighted by Crippen LogP contribution is -2.33. The van der Waals surface area contributed by atoms with Gasteiger partial charge in [-0.15, -0.1) is 0 Å². The number of anilines is 1. The summed E-state index contributed by atoms with van der Waals surface area (Å²) in [5.74, 6) is -0.114. The molecule has 1 N–H and O–H groups in total. The van der Waals surface area contributed by atoms with Crippen molar-refractivity contribution in [3.05, 3.63) is 59.2 Å². The summed E-state index contributed by atoms with van der Waals surface area (Å²) in [6.07, 6.45) is 4.43. The van der Waals surface area contributed by atoms with Gasteiger partial charge < -0.3 is 10.2 Å². The maximum atomic E-state index is 13.5. The van der Waals surface area contributed by atoms with Gasteiger partial charge in [0.2, 0.25) is 15.9 Å². The van der Waals surface area contributed by atoms with Crippen LogP contribution in [0.5, 0.6) is 0 Å². The highest BCUT2D eigenvalue weighted by molar-refractivity contribution is 7.89. The third-order valence-electron chi connectivity index (χ3n) is 6.35. The minimum atomic E-state index is -3.68. The molecule has 3 aliphatic rings. The van der Waals surface area contributed by atoms with E-state index in [-0.39, 0.29) is 29.3 Å². The minimum Gasteiger partial charge on any atom is -0.349 e. The van der Waals surface area contributed by atoms with Gasteiger partial charge in [0.15, 0.2) is 0 Å². The van der Waals surface area contributed by atoms with E-state index < -0.39 is 10.0 Å². The van der Waals surface area contributed by atoms with Gasteiger partial charge in [0.25, 0.3) is 5.91 Å². The fraction of sp³-hybridized carbons (Fsp3) is 0.417. The normalized spacial score (nSPS) is 18.0. The molecule has 2 aromatic carbocycles. The average molecular weight is 454 g/mol. The number of hydrogen-bond donors (Lipinski definition) is 1. The molecule has 168 valence electrons. The van der Waals surface area contributed by atoms with Crippen molar-refractivity contribution < 1.29 is 18.0 Å². The largest absolute Gasteiger partial charge is 0.349 e. The quantitative estimate of drug-likeness (QED) is 0.699. The lowest BCUT2D eigenvalue weighted by atomic mass is 10.1. The fourth-order valence-corrected chi connectivity index (χ4v) is 5.94. The van der Waals surface area contributed by atoms with Crippen molar-refractivity contribution >= 4 is 27.5 Å². The van der Waals surface area contributed by atoms with E-state index in [0.29, 0.717) is 24.6 Å². The Morgan fingerprint density at radius 2 is 1.78 bits per heavy atom. The van der Waals surface area contributed by atoms with E-state index in [9.17, 15) is 18.0 Å². The second kappa shape index (κ2) is 8.01. The summed E-state index contributed by atoms with van der Waals surface area (Å²) in [5, 5.41) is 2.97. The first-order valence-corrected chi connectivity index (χ1v) is 12.6. The van der Waals surface area contributed by atoms with E-state index in [1.807, 2.05) is 12.1 Å². The van der Waals surface area contributed by atoms with Crippen molar-refractivity contribution in [2.24, 2.45) is 0 Å². The number of benzene rings is 2. The van der Waals surface area contributed by atoms with Gasteiger partial charge >= 0.3 is 0 Å². The molecule has 0 atom stereocenters. The summed E-state index contributed by atoms with van der Waals surface area (Å²) < 4.78 is 28.6. The lowest BCUT2D eigenvalue weighted by Gasteiger charge is -2.23. The molecule has 2 amide bonds. The summed E-state index contributed by atoms with van der Waals surface area (Å²) in [6.45, 7) is 2.38. The van der Waals surface area contributed by atoms with E-state index in [1.165, 1.54) is 6.92 Å². The second-order valence-electron chi connectivity index (χ2n) is 8.94. The Bertz CT molecular complexity index is 1170. The van der Waals surface area contributed by atoms with Crippen LogP contribution in [0.1, 0.15) is 54.1 Å². The van der Waals surface area contributed by atoms with Crippen molar-refractivity contribution in [2.75, 3.05) is 11.4 Å². The van der Waals surface area contributed by atoms with Crippen LogP contribution in [0.4, 0.5) is 5.69 Å². The van der Waals surface area contributed by atoms with E-state index in [0.717, 1.165) is 42.5 Å². The number of carbonyl (C=O) groups excluding carboxylic acids is 2. The fourth-order valence-electron chi connectivity index (χ4n) is 4.21. The smallest absolute Gasteiger partial charge is 0.251 e. The first-order valence-electron chi connectivity index (χ1n) is 11.2. The van der Waals surface area contributed by atoms with Crippen LogP contribution in [0, 0.1) is 0 Å². The molecule has 0 bridgehead atoms. The lowest BCUT2D eigenvalue weighted by molar-refractivity contribution is -0.116. The predicted octanol–water partition coefficient (Wildman–Crippen LogP) is 2.84. The van der Waals surface area contributed by atoms with Crippen molar-refractivity contribution in [3.63, 3.8) is 0 Å². The van der Waals surface area contributed by atoms with Gasteiger partial charge in [-0.1, -0.05) is 12.1 Å². The minimum absolute atomic E-state index is 0.000172. The first kappa shape index (κ1) is 21.2. The van der Waals surface area contributed by atoms with Crippen molar-refractivity contribution in [1.82, 2.24) is 9.62 Å². The van der Waals surface area contributed by atoms with Crippen molar-refractivity contribution in [1.29, 1.82) is 0 Å². The van der Waals surface area contributed by atoms with Crippen LogP contribution in [0.2, 0.25) is 0 Å². The molecule has 2 aliphatic carbocycles. The molecular formula is C24H27N3O4S. The highest BCUT2D eigenvalue weighted by Gasteiger charge is 2.38. The highest BCUT2D eigenvalue weighted by Crippen LogP contribution is 2.36. The first-order chi connectivity index (χ1) is 15.3. The molecule has 8 heteroatoms. The number of carbonyl (C=O) groups is 2. The van der Waals surface area contributed by atoms with Gasteiger partial charge in [-0.3, -0.25) is 9.59 Å². The molecule has 7 nitrogen and oxygen atoms in total. The summed E-state index contributed by atoms with van der Waals surface area (Å²) in [7, 11) is -3.68. The number of nitrogens with zero attached hydrogens (tertiary/aromatic N) is 2. The van der Waals surface area contributed by atoms with Crippen LogP contribution in [0.25, 0.3) is 0 Å². The Kier molecular flexibility index (Phi) is 5.29. The van der Waals surface area contributed by atoms with Crippen LogP contribution in [-0.4, -0.2) is 43.2 Å². The summed E-state index contributed by atoms with van der Waals surface area (Å²) in [6, 6.07) is 12.6. The molecule has 32 heavy (non-hydrogen) atoms. The van der Waals surface area contributed by atoms with Crippen LogP contribution >= 0.6 is 0 Å². The molecule has 2 saturated carbocycles. The Balaban J connectivity index is 1.36. The van der Waals surface area contributed by atoms with Crippen molar-refractivity contribution in [2.45, 2.75) is 62.6 Å². The molecule has 5 rings (SSSR count). The highest BCUT2D eigenvalue weighted by atomic mass is 32.2. The molecule has 1 aliphatic heterocycles. The molecule has 1 heterocycles. The molecule has 2 aromatic rings. The topological polar surface area (TPSA) is 86.8 Å². The van der Waals surface area contributed by atoms with Gasteiger partial charge in [-0.2, -0.15) is 4.31 Å². The maximum Gasteiger partial charge on any atom is 0.251 e. The van der Waals surface area contributed by atoms with Gasteiger partial charge in [-0.25, -0.2) is 8.42 Å². The Morgan fingerprint density at radius 3 is 2.41 bits per heavy atom. The molecule has 0 unspecified atom stereocenters. The zero-order valence-electron chi connectivity index (χ0n) is 18.1. The van der Waals surface area contributed by atoms with Gasteiger partial charge in [0.05, 0.1) is 4.90 Å². The SMILES string of the molecule is CC(=O)N1CCc2cc(S(=O)(=O)N(Cc3ccc(C(=O)NC4CC4)cc3)C3CC3)ccc21. The van der Waals surface area contributed by atoms with E-state index in [4.69, 9.17) is 0 Å². The van der Waals surface area contributed by atoms with Gasteiger partial charge in [-0.05, 0) is 73.6 Å². The predicted molar refractivity (Wildman–Crippen MR) is 121 cm³/mol. The van der Waals surface area contributed by atoms with Crippen LogP contribution in [0.15, 0.2) is 47.4 Å². The third-order valence-corrected chi connectivity index (χ3v) is 8.25. The summed E-state index contributed by atoms with van der Waals surface area (Å²) in [5.41, 5.74) is 3.14. The summed E-state index contributed by atoms with van der Waals surface area (Å²) >= 11 is 0. The molecule has 0 radical (unpaired) electrons. The number of sulfonamides is 1. The standard InChI is InChI=1S/C24H27N3O4S/c1-16(28)26-13-12-19-14-22(10-11-23(19)26)32(30,31)27(21-8-9-21)15-17-2-4-18(5-3-17)24(29)25-20-6-7-20/h2-5,10-11,14,20-21H,6-9,12-13,15H2,1H3,(H,25,29). The van der Waals surface area contributed by atoms with Crippen molar-refractivity contribution in [3.8, 4) is 0 Å². The van der Waals surface area contributed by atoms with Gasteiger partial charge in [0.1, 0.15) is 0 Å². The average Bonchev–Trinajstić information content (AvgIpc) is 3.70. The monoisotopic (exact) mass is 453 g/mol. The number of hydrogen-bond acceptors (Lipinski definition) is 4. The van der Waals surface area contributed by atoms with E-state index in [2.05, 4.69) is 5.32 Å². The number of nitrogens with one attached hydrogen (secondary N) is 1. The van der Waals surface area contributed by atoms with Crippen LogP contribution < -0.4 is 10.2 Å². The summed E-state index contributed by atoms with van der Waals surface area (Å²) in [4.78, 5) is 26.0. The zero-order valence-corrected chi connectivity index (χ0v) is 18.9. The number of fused-ring (bicyclic) bond motifs is 1. The zero-order chi connectivity index (χ0) is 22.5. The molecule has 0 aromatic heterocycles.